The van der Waals surface area contributed by atoms with Crippen molar-refractivity contribution in [1.29, 1.82) is 0 Å². The second kappa shape index (κ2) is 10.4. The smallest absolute Gasteiger partial charge is 0.326 e. The lowest BCUT2D eigenvalue weighted by atomic mass is 11.2. The standard InChI is InChI=1S/CH5N3O.HNO3.N/c2-1(5)4-3;2-1(3)4;/h3H2,(H3,2,4,5);(H,2,3,4);. The Bertz CT molecular complexity index is 97.8. The highest BCUT2D eigenvalue weighted by Crippen LogP contribution is 1.38. The van der Waals surface area contributed by atoms with Crippen LogP contribution in [0.15, 0.2) is 0 Å². The lowest BCUT2D eigenvalue weighted by Gasteiger charge is -1.81. The Kier molecular flexibility index (Phi) is 16.4. The molecule has 6 N–H and O–H groups in total. The molecule has 0 aliphatic rings. The maximum Gasteiger partial charge on any atom is 0.326 e. The summed E-state index contributed by atoms with van der Waals surface area (Å²) in [6, 6.07) is -0.718. The topological polar surface area (TPSA) is 175 Å². The van der Waals surface area contributed by atoms with Crippen LogP contribution < -0.4 is 23.2 Å². The summed E-state index contributed by atoms with van der Waals surface area (Å²) in [4.78, 5) is 17.7. The SMILES string of the molecule is NNC(N)=O.O=[N+]([O-])O.[N]. The van der Waals surface area contributed by atoms with Crippen molar-refractivity contribution in [2.45, 2.75) is 0 Å². The third-order valence-corrected chi connectivity index (χ3v) is 0.142. The van der Waals surface area contributed by atoms with E-state index in [9.17, 15) is 4.79 Å². The van der Waals surface area contributed by atoms with Gasteiger partial charge in [-0.05, 0) is 0 Å². The van der Waals surface area contributed by atoms with Gasteiger partial charge >= 0.3 is 6.03 Å². The number of carbonyl (C=O) groups is 1. The van der Waals surface area contributed by atoms with Crippen molar-refractivity contribution < 1.29 is 15.1 Å². The summed E-state index contributed by atoms with van der Waals surface area (Å²) in [7, 11) is 0. The molecule has 0 saturated carbocycles. The van der Waals surface area contributed by atoms with Gasteiger partial charge in [-0.1, -0.05) is 0 Å². The molecule has 0 aromatic carbocycles. The molecule has 0 aromatic heterocycles. The molecule has 3 radical (unpaired) electrons. The molecule has 0 atom stereocenters. The first-order valence-corrected chi connectivity index (χ1v) is 1.60. The number of nitrogens with zero attached hydrogens (tertiary/aromatic N) is 2. The number of hydrogen-bond donors (Lipinski definition) is 4. The number of hydrazine groups is 1. The predicted molar refractivity (Wildman–Crippen MR) is 27.8 cm³/mol. The number of rotatable bonds is 0. The Labute approximate surface area is 55.6 Å². The minimum atomic E-state index is -1.50. The van der Waals surface area contributed by atoms with Crippen LogP contribution in [-0.2, 0) is 0 Å². The van der Waals surface area contributed by atoms with Gasteiger partial charge in [0.25, 0.3) is 5.09 Å². The van der Waals surface area contributed by atoms with Crippen LogP contribution in [0.2, 0.25) is 0 Å². The van der Waals surface area contributed by atoms with Gasteiger partial charge in [0.2, 0.25) is 0 Å². The van der Waals surface area contributed by atoms with E-state index < -0.39 is 11.1 Å². The van der Waals surface area contributed by atoms with E-state index in [0.29, 0.717) is 0 Å². The van der Waals surface area contributed by atoms with Gasteiger partial charge in [0.15, 0.2) is 0 Å². The van der Waals surface area contributed by atoms with Crippen LogP contribution in [0.5, 0.6) is 0 Å². The summed E-state index contributed by atoms with van der Waals surface area (Å²) < 4.78 is 0. The number of nitrogens with two attached hydrogens (primary N) is 2. The Morgan fingerprint density at radius 3 is 1.80 bits per heavy atom. The van der Waals surface area contributed by atoms with Crippen LogP contribution in [0.25, 0.3) is 0 Å². The van der Waals surface area contributed by atoms with Crippen molar-refractivity contribution in [1.82, 2.24) is 11.6 Å². The third-order valence-electron chi connectivity index (χ3n) is 0.142. The molecule has 59 valence electrons. The van der Waals surface area contributed by atoms with Crippen LogP contribution in [-0.4, -0.2) is 16.3 Å². The maximum absolute atomic E-state index is 9.35. The molecule has 0 aromatic rings. The van der Waals surface area contributed by atoms with Crippen molar-refractivity contribution in [3.8, 4) is 0 Å². The quantitative estimate of drug-likeness (QED) is 0.132. The molecule has 0 unspecified atom stereocenters. The highest BCUT2D eigenvalue weighted by molar-refractivity contribution is 5.70. The Balaban J connectivity index is -0.0000000910. The first-order valence-electron chi connectivity index (χ1n) is 1.60. The van der Waals surface area contributed by atoms with Crippen molar-refractivity contribution in [3.05, 3.63) is 10.1 Å². The summed E-state index contributed by atoms with van der Waals surface area (Å²) in [5, 5.41) is 13.6. The van der Waals surface area contributed by atoms with Crippen molar-refractivity contribution in [3.63, 3.8) is 0 Å². The molecule has 0 heterocycles. The second-order valence-corrected chi connectivity index (χ2v) is 0.746. The van der Waals surface area contributed by atoms with Crippen LogP contribution in [0, 0.1) is 10.1 Å². The van der Waals surface area contributed by atoms with E-state index in [1.807, 2.05) is 0 Å². The molecule has 0 fully saturated rings. The molecule has 0 saturated heterocycles. The molecule has 0 bridgehead atoms. The van der Waals surface area contributed by atoms with Crippen LogP contribution >= 0.6 is 0 Å². The van der Waals surface area contributed by atoms with Gasteiger partial charge in [0.1, 0.15) is 0 Å². The molecule has 9 nitrogen and oxygen atoms in total. The highest BCUT2D eigenvalue weighted by Gasteiger charge is 1.73. The summed E-state index contributed by atoms with van der Waals surface area (Å²) in [5.74, 6) is 4.45. The van der Waals surface area contributed by atoms with Gasteiger partial charge in [-0.3, -0.25) is 5.43 Å². The van der Waals surface area contributed by atoms with Gasteiger partial charge in [0, 0.05) is 6.15 Å². The first-order chi connectivity index (χ1) is 4.00. The van der Waals surface area contributed by atoms with E-state index in [-0.39, 0.29) is 6.15 Å². The fourth-order valence-electron chi connectivity index (χ4n) is 0. The highest BCUT2D eigenvalue weighted by atomic mass is 16.9. The van der Waals surface area contributed by atoms with Crippen LogP contribution in [0.4, 0.5) is 4.79 Å². The lowest BCUT2D eigenvalue weighted by Crippen LogP contribution is -2.34. The number of nitrogens with one attached hydrogen (secondary N) is 1. The number of amides is 2. The molecule has 0 aliphatic heterocycles. The number of carbonyl (C=O) groups excluding carboxylic acids is 1. The van der Waals surface area contributed by atoms with Crippen LogP contribution in [0.3, 0.4) is 0 Å². The van der Waals surface area contributed by atoms with E-state index in [0.717, 1.165) is 0 Å². The average Bonchev–Trinajstić information content (AvgIpc) is 1.65. The zero-order valence-corrected chi connectivity index (χ0v) is 4.72. The summed E-state index contributed by atoms with van der Waals surface area (Å²) >= 11 is 0. The minimum absolute atomic E-state index is 0. The fourth-order valence-corrected chi connectivity index (χ4v) is 0. The van der Waals surface area contributed by atoms with Crippen molar-refractivity contribution in [2.24, 2.45) is 11.6 Å². The molecule has 0 rings (SSSR count). The number of urea groups is 1. The molecule has 9 heteroatoms. The van der Waals surface area contributed by atoms with Gasteiger partial charge in [-0.15, -0.1) is 10.1 Å². The molecular formula is CH6N5O4. The summed E-state index contributed by atoms with van der Waals surface area (Å²) in [6.07, 6.45) is 0. The van der Waals surface area contributed by atoms with E-state index >= 15 is 0 Å². The largest absolute Gasteiger partial charge is 0.351 e. The Hall–Kier alpha value is -1.61. The molecule has 10 heavy (non-hydrogen) atoms. The van der Waals surface area contributed by atoms with Crippen molar-refractivity contribution in [2.75, 3.05) is 0 Å². The number of hydrogen-bond acceptors (Lipinski definition) is 4. The van der Waals surface area contributed by atoms with Gasteiger partial charge < -0.3 is 10.9 Å². The normalized spacial score (nSPS) is 5.70. The predicted octanol–water partition coefficient (Wildman–Crippen LogP) is -2.30. The molecule has 0 spiro atoms. The molecule has 0 aliphatic carbocycles. The van der Waals surface area contributed by atoms with E-state index in [2.05, 4.69) is 11.6 Å². The molecule has 2 amide bonds. The summed E-state index contributed by atoms with van der Waals surface area (Å²) in [6.45, 7) is 0. The minimum Gasteiger partial charge on any atom is -0.351 e. The molecular weight excluding hydrogens is 146 g/mol. The second-order valence-electron chi connectivity index (χ2n) is 0.746. The van der Waals surface area contributed by atoms with Crippen LogP contribution in [0.1, 0.15) is 0 Å². The Morgan fingerprint density at radius 2 is 1.80 bits per heavy atom. The Morgan fingerprint density at radius 1 is 1.70 bits per heavy atom. The van der Waals surface area contributed by atoms with Gasteiger partial charge in [-0.25, -0.2) is 10.6 Å². The summed E-state index contributed by atoms with van der Waals surface area (Å²) in [5.41, 5.74) is 6.08. The first kappa shape index (κ1) is 15.8. The van der Waals surface area contributed by atoms with Gasteiger partial charge in [0.05, 0.1) is 0 Å². The maximum atomic E-state index is 9.35. The van der Waals surface area contributed by atoms with E-state index in [1.54, 1.807) is 5.43 Å². The lowest BCUT2D eigenvalue weighted by molar-refractivity contribution is -0.742. The van der Waals surface area contributed by atoms with Gasteiger partial charge in [-0.2, -0.15) is 0 Å². The van der Waals surface area contributed by atoms with Crippen molar-refractivity contribution >= 4 is 6.03 Å². The van der Waals surface area contributed by atoms with E-state index in [4.69, 9.17) is 15.3 Å². The zero-order chi connectivity index (χ0) is 7.86. The zero-order valence-electron chi connectivity index (χ0n) is 4.72. The number of primary amides is 1. The van der Waals surface area contributed by atoms with E-state index in [1.165, 1.54) is 0 Å². The average molecular weight is 152 g/mol. The monoisotopic (exact) mass is 152 g/mol. The third kappa shape index (κ3) is 1220. The fraction of sp³-hybridized carbons (Fsp3) is 0.